The van der Waals surface area contributed by atoms with E-state index in [4.69, 9.17) is 4.42 Å². The molecule has 0 radical (unpaired) electrons. The second-order valence-electron chi connectivity index (χ2n) is 28.0. The van der Waals surface area contributed by atoms with Crippen LogP contribution in [0.5, 0.6) is 0 Å². The summed E-state index contributed by atoms with van der Waals surface area (Å²) in [7, 11) is 0. The number of fused-ring (bicyclic) bond motifs is 19. The summed E-state index contributed by atoms with van der Waals surface area (Å²) in [4.78, 5) is 3.65. The predicted molar refractivity (Wildman–Crippen MR) is 446 cm³/mol. The molecule has 23 rings (SSSR count). The van der Waals surface area contributed by atoms with Crippen molar-refractivity contribution in [3.8, 4) is 67.3 Å². The van der Waals surface area contributed by atoms with Gasteiger partial charge in [0.25, 0.3) is 0 Å². The topological polar surface area (TPSA) is 48.6 Å². The van der Waals surface area contributed by atoms with Crippen LogP contribution in [0.1, 0.15) is 0 Å². The molecule has 6 heterocycles. The van der Waals surface area contributed by atoms with Crippen LogP contribution in [0, 0.1) is 0 Å². The standard InChI is InChI=1S/C52H33N3.C48H30N2O/c1-2-12-36(13-3-1)54-48-20-10-8-18-43(48)45-30-33(24-28-51(45)54)34-22-26-44-42-17-7-11-21-49(42)55(52(44)32-34)50-29-27-37(38-14-4-5-16-41(38)50)35-23-25-40-39-15-6-9-19-46(39)53-47(40)31-35;1-2-12-31(13-3-1)32-14-10-15-35(28-32)49-42-20-7-4-16-36(42)40-29-33(24-26-44(40)49)34-25-27-45-41(30-34)37-17-5-8-21-43(37)50(45)46-22-11-19-39-38-18-6-9-23-47(38)51-48(39)46/h1-32,53H;1-30H. The zero-order valence-electron chi connectivity index (χ0n) is 57.5. The van der Waals surface area contributed by atoms with Crippen LogP contribution >= 0.6 is 0 Å². The van der Waals surface area contributed by atoms with Crippen molar-refractivity contribution in [1.29, 1.82) is 0 Å². The van der Waals surface area contributed by atoms with E-state index in [0.29, 0.717) is 0 Å². The fraction of sp³-hybridized carbons (Fsp3) is 0. The molecule has 0 aliphatic rings. The van der Waals surface area contributed by atoms with Gasteiger partial charge in [-0.05, 0) is 171 Å². The van der Waals surface area contributed by atoms with Gasteiger partial charge in [0.1, 0.15) is 5.58 Å². The summed E-state index contributed by atoms with van der Waals surface area (Å²) in [5.74, 6) is 0. The highest BCUT2D eigenvalue weighted by Crippen LogP contribution is 2.45. The summed E-state index contributed by atoms with van der Waals surface area (Å²) in [6.45, 7) is 0. The fourth-order valence-electron chi connectivity index (χ4n) is 17.4. The van der Waals surface area contributed by atoms with Gasteiger partial charge in [0.05, 0.1) is 55.5 Å². The summed E-state index contributed by atoms with van der Waals surface area (Å²) in [6.07, 6.45) is 0. The molecule has 0 aliphatic carbocycles. The maximum absolute atomic E-state index is 6.51. The Balaban J connectivity index is 0.000000133. The molecule has 0 atom stereocenters. The van der Waals surface area contributed by atoms with Gasteiger partial charge < -0.3 is 27.7 Å². The van der Waals surface area contributed by atoms with Gasteiger partial charge in [-0.15, -0.1) is 0 Å². The Morgan fingerprint density at radius 1 is 0.189 bits per heavy atom. The van der Waals surface area contributed by atoms with Gasteiger partial charge in [-0.2, -0.15) is 0 Å². The van der Waals surface area contributed by atoms with E-state index in [-0.39, 0.29) is 0 Å². The van der Waals surface area contributed by atoms with Crippen molar-refractivity contribution in [2.75, 3.05) is 0 Å². The Bertz CT molecular complexity index is 7520. The molecule has 6 nitrogen and oxygen atoms in total. The van der Waals surface area contributed by atoms with Gasteiger partial charge in [-0.25, -0.2) is 0 Å². The van der Waals surface area contributed by atoms with Crippen LogP contribution in [0.25, 0.3) is 209 Å². The molecule has 23 aromatic rings. The third kappa shape index (κ3) is 9.24. The summed E-state index contributed by atoms with van der Waals surface area (Å²) >= 11 is 0. The lowest BCUT2D eigenvalue weighted by Crippen LogP contribution is -1.96. The first-order valence-corrected chi connectivity index (χ1v) is 36.4. The van der Waals surface area contributed by atoms with Crippen molar-refractivity contribution < 1.29 is 4.42 Å². The van der Waals surface area contributed by atoms with Crippen molar-refractivity contribution in [1.82, 2.24) is 23.3 Å². The first kappa shape index (κ1) is 59.5. The highest BCUT2D eigenvalue weighted by Gasteiger charge is 2.23. The second kappa shape index (κ2) is 23.7. The summed E-state index contributed by atoms with van der Waals surface area (Å²) in [5, 5.41) is 17.2. The summed E-state index contributed by atoms with van der Waals surface area (Å²) in [5.41, 5.74) is 27.9. The number of benzene rings is 17. The van der Waals surface area contributed by atoms with Crippen LogP contribution < -0.4 is 0 Å². The van der Waals surface area contributed by atoms with E-state index in [1.165, 1.54) is 159 Å². The van der Waals surface area contributed by atoms with Gasteiger partial charge >= 0.3 is 0 Å². The lowest BCUT2D eigenvalue weighted by Gasteiger charge is -2.15. The molecular weight excluding hydrogens is 1290 g/mol. The third-order valence-corrected chi connectivity index (χ3v) is 22.2. The maximum Gasteiger partial charge on any atom is 0.159 e. The second-order valence-corrected chi connectivity index (χ2v) is 28.0. The predicted octanol–water partition coefficient (Wildman–Crippen LogP) is 27.1. The van der Waals surface area contributed by atoms with Gasteiger partial charge in [0.2, 0.25) is 0 Å². The lowest BCUT2D eigenvalue weighted by molar-refractivity contribution is 0.666. The average Bonchev–Trinajstić information content (AvgIpc) is 1.57. The molecule has 0 saturated carbocycles. The highest BCUT2D eigenvalue weighted by molar-refractivity contribution is 6.18. The van der Waals surface area contributed by atoms with E-state index >= 15 is 0 Å². The Kier molecular flexibility index (Phi) is 13.3. The van der Waals surface area contributed by atoms with Crippen LogP contribution in [0.2, 0.25) is 0 Å². The van der Waals surface area contributed by atoms with Crippen molar-refractivity contribution in [2.24, 2.45) is 0 Å². The number of rotatable bonds is 8. The number of furan rings is 1. The van der Waals surface area contributed by atoms with E-state index in [0.717, 1.165) is 49.9 Å². The molecule has 0 amide bonds. The number of aromatic amines is 1. The van der Waals surface area contributed by atoms with Crippen LogP contribution in [0.15, 0.2) is 381 Å². The molecule has 0 unspecified atom stereocenters. The zero-order chi connectivity index (χ0) is 69.5. The van der Waals surface area contributed by atoms with Crippen molar-refractivity contribution >= 4 is 142 Å². The molecule has 0 bridgehead atoms. The molecule has 0 saturated heterocycles. The molecule has 1 N–H and O–H groups in total. The van der Waals surface area contributed by atoms with E-state index < -0.39 is 0 Å². The minimum absolute atomic E-state index is 0.904. The number of para-hydroxylation sites is 8. The molecule has 0 fully saturated rings. The SMILES string of the molecule is c1ccc(-c2cccc(-n3c4ccccc4c4cc(-c5ccc6c(c5)c5ccccc5n6-c5cccc6c5oc5ccccc56)ccc43)c2)cc1.c1ccc(-n2c3ccccc3c3cc(-c4ccc5c6ccccc6n(-c6ccc(-c7ccc8c(c7)[nH]c7ccccc78)c7ccccc67)c5c4)ccc32)cc1. The average molecular weight is 1350 g/mol. The van der Waals surface area contributed by atoms with Gasteiger partial charge in [0, 0.05) is 92.4 Å². The number of hydrogen-bond acceptors (Lipinski definition) is 1. The monoisotopic (exact) mass is 1350 g/mol. The summed E-state index contributed by atoms with van der Waals surface area (Å²) in [6, 6.07) is 137. The smallest absolute Gasteiger partial charge is 0.159 e. The maximum atomic E-state index is 6.51. The zero-order valence-corrected chi connectivity index (χ0v) is 57.5. The quantitative estimate of drug-likeness (QED) is 0.162. The molecule has 0 aliphatic heterocycles. The Hall–Kier alpha value is -14.2. The van der Waals surface area contributed by atoms with Gasteiger partial charge in [-0.1, -0.05) is 255 Å². The van der Waals surface area contributed by atoms with Gasteiger partial charge in [0.15, 0.2) is 5.58 Å². The minimum Gasteiger partial charge on any atom is -0.454 e. The number of H-pyrrole nitrogens is 1. The minimum atomic E-state index is 0.904. The van der Waals surface area contributed by atoms with Gasteiger partial charge in [-0.3, -0.25) is 0 Å². The molecule has 6 aromatic heterocycles. The van der Waals surface area contributed by atoms with Crippen LogP contribution in [-0.4, -0.2) is 23.3 Å². The number of nitrogens with zero attached hydrogens (tertiary/aromatic N) is 4. The first-order chi connectivity index (χ1) is 52.6. The van der Waals surface area contributed by atoms with Crippen LogP contribution in [-0.2, 0) is 0 Å². The number of hydrogen-bond donors (Lipinski definition) is 1. The van der Waals surface area contributed by atoms with Crippen molar-refractivity contribution in [2.45, 2.75) is 0 Å². The number of aromatic nitrogens is 5. The largest absolute Gasteiger partial charge is 0.454 e. The Morgan fingerprint density at radius 2 is 0.604 bits per heavy atom. The highest BCUT2D eigenvalue weighted by atomic mass is 16.3. The molecule has 106 heavy (non-hydrogen) atoms. The van der Waals surface area contributed by atoms with E-state index in [2.05, 4.69) is 387 Å². The van der Waals surface area contributed by atoms with Crippen LogP contribution in [0.4, 0.5) is 0 Å². The lowest BCUT2D eigenvalue weighted by atomic mass is 9.96. The Morgan fingerprint density at radius 3 is 1.26 bits per heavy atom. The van der Waals surface area contributed by atoms with Crippen molar-refractivity contribution in [3.05, 3.63) is 376 Å². The molecule has 0 spiro atoms. The molecule has 6 heteroatoms. The van der Waals surface area contributed by atoms with E-state index in [1.807, 2.05) is 12.1 Å². The van der Waals surface area contributed by atoms with Crippen LogP contribution in [0.3, 0.4) is 0 Å². The first-order valence-electron chi connectivity index (χ1n) is 36.4. The van der Waals surface area contributed by atoms with Crippen molar-refractivity contribution in [3.63, 3.8) is 0 Å². The molecule has 17 aromatic carbocycles. The summed E-state index contributed by atoms with van der Waals surface area (Å²) < 4.78 is 16.1. The number of nitrogens with one attached hydrogen (secondary N) is 1. The molecular formula is C100H63N5O. The normalized spacial score (nSPS) is 12.0. The Labute approximate surface area is 608 Å². The molecule has 494 valence electrons. The van der Waals surface area contributed by atoms with E-state index in [1.54, 1.807) is 0 Å². The third-order valence-electron chi connectivity index (χ3n) is 22.2. The van der Waals surface area contributed by atoms with E-state index in [9.17, 15) is 0 Å². The fourth-order valence-corrected chi connectivity index (χ4v) is 17.4.